The number of fused-ring (bicyclic) bond motifs is 1. The number of halogens is 1. The molecule has 0 saturated carbocycles. The van der Waals surface area contributed by atoms with E-state index < -0.39 is 0 Å². The van der Waals surface area contributed by atoms with Gasteiger partial charge >= 0.3 is 0 Å². The highest BCUT2D eigenvalue weighted by molar-refractivity contribution is 6.34. The average molecular weight is 398 g/mol. The van der Waals surface area contributed by atoms with Crippen LogP contribution in [0.3, 0.4) is 0 Å². The molecule has 7 nitrogen and oxygen atoms in total. The van der Waals surface area contributed by atoms with Gasteiger partial charge in [0.1, 0.15) is 11.3 Å². The number of aromatic nitrogens is 4. The third-order valence-electron chi connectivity index (χ3n) is 5.03. The molecule has 28 heavy (non-hydrogen) atoms. The first-order valence-corrected chi connectivity index (χ1v) is 9.46. The fourth-order valence-electron chi connectivity index (χ4n) is 3.40. The molecule has 1 amide bonds. The summed E-state index contributed by atoms with van der Waals surface area (Å²) in [5.74, 6) is -0.0549. The van der Waals surface area contributed by atoms with Crippen molar-refractivity contribution in [1.29, 1.82) is 0 Å². The molecule has 0 fully saturated rings. The molecule has 4 heterocycles. The number of nitrogens with zero attached hydrogens (tertiary/aromatic N) is 3. The second-order valence-electron chi connectivity index (χ2n) is 7.02. The van der Waals surface area contributed by atoms with Gasteiger partial charge in [0.05, 0.1) is 10.7 Å². The molecule has 4 rings (SSSR count). The molecule has 1 aliphatic heterocycles. The summed E-state index contributed by atoms with van der Waals surface area (Å²) in [6, 6.07) is 4.00. The minimum Gasteiger partial charge on any atom is -0.339 e. The van der Waals surface area contributed by atoms with E-state index in [2.05, 4.69) is 26.2 Å². The Hall–Kier alpha value is -2.93. The van der Waals surface area contributed by atoms with E-state index in [1.54, 1.807) is 20.0 Å². The number of hydrogen-bond donors (Lipinski definition) is 2. The van der Waals surface area contributed by atoms with Gasteiger partial charge < -0.3 is 9.88 Å². The van der Waals surface area contributed by atoms with Crippen molar-refractivity contribution < 1.29 is 9.59 Å². The molecule has 0 bridgehead atoms. The Morgan fingerprint density at radius 3 is 2.79 bits per heavy atom. The Kier molecular flexibility index (Phi) is 4.77. The zero-order chi connectivity index (χ0) is 19.8. The van der Waals surface area contributed by atoms with Gasteiger partial charge in [-0.2, -0.15) is 5.10 Å². The van der Waals surface area contributed by atoms with E-state index in [9.17, 15) is 9.59 Å². The second kappa shape index (κ2) is 7.24. The van der Waals surface area contributed by atoms with Gasteiger partial charge in [-0.1, -0.05) is 17.7 Å². The summed E-state index contributed by atoms with van der Waals surface area (Å²) in [4.78, 5) is 33.5. The van der Waals surface area contributed by atoms with Crippen LogP contribution in [0.5, 0.6) is 0 Å². The number of carbonyl (C=O) groups excluding carboxylic acids is 2. The maximum Gasteiger partial charge on any atom is 0.219 e. The lowest BCUT2D eigenvalue weighted by atomic mass is 10.0. The molecule has 2 N–H and O–H groups in total. The highest BCUT2D eigenvalue weighted by Crippen LogP contribution is 2.26. The van der Waals surface area contributed by atoms with E-state index in [4.69, 9.17) is 11.6 Å². The van der Waals surface area contributed by atoms with Crippen LogP contribution in [0.25, 0.3) is 16.6 Å². The highest BCUT2D eigenvalue weighted by Gasteiger charge is 2.18. The molecular weight excluding hydrogens is 378 g/mol. The minimum atomic E-state index is -0.148. The van der Waals surface area contributed by atoms with Gasteiger partial charge in [-0.15, -0.1) is 0 Å². The van der Waals surface area contributed by atoms with Crippen molar-refractivity contribution in [2.75, 3.05) is 13.1 Å². The maximum absolute atomic E-state index is 12.5. The number of aromatic amines is 2. The fourth-order valence-corrected chi connectivity index (χ4v) is 3.59. The second-order valence-corrected chi connectivity index (χ2v) is 7.40. The zero-order valence-electron chi connectivity index (χ0n) is 15.7. The number of carbonyl (C=O) groups is 2. The van der Waals surface area contributed by atoms with Crippen LogP contribution in [0.4, 0.5) is 0 Å². The van der Waals surface area contributed by atoms with E-state index >= 15 is 0 Å². The van der Waals surface area contributed by atoms with Crippen LogP contribution in [0.2, 0.25) is 5.02 Å². The number of nitrogens with one attached hydrogen (secondary N) is 2. The molecule has 144 valence electrons. The lowest BCUT2D eigenvalue weighted by Gasteiger charge is -2.24. The number of pyridine rings is 1. The van der Waals surface area contributed by atoms with Gasteiger partial charge in [-0.25, -0.2) is 4.98 Å². The smallest absolute Gasteiger partial charge is 0.219 e. The average Bonchev–Trinajstić information content (AvgIpc) is 3.25. The first-order chi connectivity index (χ1) is 13.4. The van der Waals surface area contributed by atoms with Crippen LogP contribution >= 0.6 is 11.6 Å². The van der Waals surface area contributed by atoms with E-state index in [1.165, 1.54) is 5.57 Å². The first-order valence-electron chi connectivity index (χ1n) is 9.08. The summed E-state index contributed by atoms with van der Waals surface area (Å²) < 4.78 is 0. The van der Waals surface area contributed by atoms with Gasteiger partial charge in [-0.3, -0.25) is 14.7 Å². The van der Waals surface area contributed by atoms with Crippen molar-refractivity contribution in [3.05, 3.63) is 52.1 Å². The highest BCUT2D eigenvalue weighted by atomic mass is 35.5. The van der Waals surface area contributed by atoms with Crippen LogP contribution in [0.15, 0.2) is 24.4 Å². The molecular formula is C20H20ClN5O2. The number of rotatable bonds is 4. The van der Waals surface area contributed by atoms with Crippen LogP contribution < -0.4 is 0 Å². The third kappa shape index (κ3) is 3.45. The number of aryl methyl sites for hydroxylation is 1. The largest absolute Gasteiger partial charge is 0.339 e. The third-order valence-corrected chi connectivity index (χ3v) is 5.49. The zero-order valence-corrected chi connectivity index (χ0v) is 16.4. The Bertz CT molecular complexity index is 1110. The van der Waals surface area contributed by atoms with Crippen molar-refractivity contribution in [2.45, 2.75) is 26.7 Å². The Balaban J connectivity index is 1.55. The topological polar surface area (TPSA) is 94.7 Å². The standard InChI is InChI=1S/C20H20ClN5O2/c1-11-18(21)19(25-24-11)17(28)8-13-7-15-9-16(23-20(15)22-10-13)14-3-5-26(6-4-14)12(2)27/h3,7,9-10H,4-6,8H2,1-2H3,(H,22,23)(H,24,25). The van der Waals surface area contributed by atoms with Crippen LogP contribution in [-0.2, 0) is 11.2 Å². The SMILES string of the molecule is CC(=O)N1CC=C(c2cc3cc(CC(=O)c4n[nH]c(C)c4Cl)cnc3[nH]2)CC1. The molecule has 0 atom stereocenters. The molecule has 0 saturated heterocycles. The van der Waals surface area contributed by atoms with Crippen molar-refractivity contribution >= 4 is 39.9 Å². The summed E-state index contributed by atoms with van der Waals surface area (Å²) in [5, 5.41) is 8.03. The molecule has 0 unspecified atom stereocenters. The number of H-pyrrole nitrogens is 2. The molecule has 0 radical (unpaired) electrons. The summed E-state index contributed by atoms with van der Waals surface area (Å²) in [6.07, 6.45) is 4.75. The molecule has 8 heteroatoms. The summed E-state index contributed by atoms with van der Waals surface area (Å²) in [7, 11) is 0. The Labute approximate surface area is 166 Å². The summed E-state index contributed by atoms with van der Waals surface area (Å²) >= 11 is 6.12. The molecule has 0 spiro atoms. The van der Waals surface area contributed by atoms with Crippen molar-refractivity contribution in [3.63, 3.8) is 0 Å². The normalized spacial score (nSPS) is 14.4. The monoisotopic (exact) mass is 397 g/mol. The predicted octanol–water partition coefficient (Wildman–Crippen LogP) is 3.31. The van der Waals surface area contributed by atoms with Gasteiger partial charge in [0.2, 0.25) is 5.91 Å². The molecule has 0 aliphatic carbocycles. The molecule has 3 aromatic heterocycles. The number of amides is 1. The minimum absolute atomic E-state index is 0.0927. The van der Waals surface area contributed by atoms with Gasteiger partial charge in [-0.05, 0) is 36.6 Å². The Morgan fingerprint density at radius 2 is 2.14 bits per heavy atom. The number of Topliss-reactive ketones (excluding diaryl/α,β-unsaturated/α-hetero) is 1. The molecule has 1 aliphatic rings. The van der Waals surface area contributed by atoms with E-state index in [0.29, 0.717) is 23.8 Å². The lowest BCUT2D eigenvalue weighted by molar-refractivity contribution is -0.128. The maximum atomic E-state index is 12.5. The fraction of sp³-hybridized carbons (Fsp3) is 0.300. The van der Waals surface area contributed by atoms with Gasteiger partial charge in [0, 0.05) is 43.7 Å². The van der Waals surface area contributed by atoms with Crippen molar-refractivity contribution in [2.24, 2.45) is 0 Å². The first kappa shape index (κ1) is 18.4. The Morgan fingerprint density at radius 1 is 1.32 bits per heavy atom. The van der Waals surface area contributed by atoms with Crippen molar-refractivity contribution in [1.82, 2.24) is 25.1 Å². The van der Waals surface area contributed by atoms with Crippen LogP contribution in [-0.4, -0.2) is 49.8 Å². The van der Waals surface area contributed by atoms with Crippen molar-refractivity contribution in [3.8, 4) is 0 Å². The van der Waals surface area contributed by atoms with E-state index in [0.717, 1.165) is 28.7 Å². The number of hydrogen-bond acceptors (Lipinski definition) is 4. The summed E-state index contributed by atoms with van der Waals surface area (Å²) in [5.41, 5.74) is 4.69. The molecule has 3 aromatic rings. The van der Waals surface area contributed by atoms with E-state index in [-0.39, 0.29) is 23.8 Å². The quantitative estimate of drug-likeness (QED) is 0.660. The lowest BCUT2D eigenvalue weighted by Crippen LogP contribution is -2.32. The van der Waals surface area contributed by atoms with Gasteiger partial charge in [0.15, 0.2) is 5.78 Å². The van der Waals surface area contributed by atoms with E-state index in [1.807, 2.05) is 17.0 Å². The molecule has 0 aromatic carbocycles. The van der Waals surface area contributed by atoms with Crippen LogP contribution in [0.1, 0.15) is 40.8 Å². The van der Waals surface area contributed by atoms with Gasteiger partial charge in [0.25, 0.3) is 0 Å². The summed E-state index contributed by atoms with van der Waals surface area (Å²) in [6.45, 7) is 4.70. The van der Waals surface area contributed by atoms with Crippen LogP contribution in [0, 0.1) is 6.92 Å². The number of ketones is 1. The predicted molar refractivity (Wildman–Crippen MR) is 107 cm³/mol.